The van der Waals surface area contributed by atoms with Crippen molar-refractivity contribution in [1.29, 1.82) is 0 Å². The molecule has 0 bridgehead atoms. The molecule has 0 rings (SSSR count). The Balaban J connectivity index is 4.96. The molecule has 21 heavy (non-hydrogen) atoms. The first kappa shape index (κ1) is 18.2. The van der Waals surface area contributed by atoms with Crippen LogP contribution in [0.25, 0.3) is 0 Å². The molecule has 0 saturated carbocycles. The molecule has 0 aromatic heterocycles. The number of rotatable bonds is 9. The molecule has 0 radical (unpaired) electrons. The van der Waals surface area contributed by atoms with Gasteiger partial charge in [-0.3, -0.25) is 0 Å². The summed E-state index contributed by atoms with van der Waals surface area (Å²) in [7, 11) is 0. The molecule has 1 atom stereocenters. The van der Waals surface area contributed by atoms with Gasteiger partial charge in [0.25, 0.3) is 0 Å². The Kier molecular flexibility index (Phi) is 8.68. The Bertz CT molecular complexity index is 497. The van der Waals surface area contributed by atoms with E-state index in [0.717, 1.165) is 6.08 Å². The second-order valence-corrected chi connectivity index (χ2v) is 3.74. The maximum Gasteiger partial charge on any atom is 0.333 e. The Morgan fingerprint density at radius 2 is 1.86 bits per heavy atom. The Hall–Kier alpha value is -2.82. The molecule has 0 saturated heterocycles. The van der Waals surface area contributed by atoms with E-state index in [-0.39, 0.29) is 18.6 Å². The lowest BCUT2D eigenvalue weighted by molar-refractivity contribution is -0.147. The van der Waals surface area contributed by atoms with Crippen LogP contribution >= 0.6 is 0 Å². The molecule has 1 unspecified atom stereocenters. The van der Waals surface area contributed by atoms with E-state index >= 15 is 0 Å². The minimum atomic E-state index is -1.31. The third kappa shape index (κ3) is 7.37. The molecule has 0 aliphatic heterocycles. The van der Waals surface area contributed by atoms with E-state index in [1.165, 1.54) is 19.1 Å². The van der Waals surface area contributed by atoms with Crippen molar-refractivity contribution in [1.82, 2.24) is 0 Å². The van der Waals surface area contributed by atoms with Crippen LogP contribution in [0.4, 0.5) is 0 Å². The molecule has 0 N–H and O–H groups in total. The summed E-state index contributed by atoms with van der Waals surface area (Å²) in [6, 6.07) is 0. The topological polar surface area (TPSA) is 111 Å². The Morgan fingerprint density at radius 3 is 2.29 bits per heavy atom. The summed E-state index contributed by atoms with van der Waals surface area (Å²) in [4.78, 5) is 49.5. The van der Waals surface area contributed by atoms with E-state index in [1.54, 1.807) is 0 Å². The van der Waals surface area contributed by atoms with Crippen molar-refractivity contribution in [2.45, 2.75) is 25.6 Å². The molecule has 8 nitrogen and oxygen atoms in total. The normalized spacial score (nSPS) is 11.9. The fraction of sp³-hybridized carbons (Fsp3) is 0.385. The molecule has 0 heterocycles. The van der Waals surface area contributed by atoms with Gasteiger partial charge in [-0.25, -0.2) is 19.2 Å². The average molecular weight is 294 g/mol. The molecule has 0 aliphatic carbocycles. The third-order valence-electron chi connectivity index (χ3n) is 2.12. The van der Waals surface area contributed by atoms with Gasteiger partial charge in [-0.1, -0.05) is 13.2 Å². The second-order valence-electron chi connectivity index (χ2n) is 3.74. The molecule has 0 amide bonds. The van der Waals surface area contributed by atoms with Gasteiger partial charge < -0.3 is 9.47 Å². The molecule has 0 spiro atoms. The fourth-order valence-electron chi connectivity index (χ4n) is 1.14. The van der Waals surface area contributed by atoms with Crippen molar-refractivity contribution < 1.29 is 28.7 Å². The van der Waals surface area contributed by atoms with Gasteiger partial charge in [0, 0.05) is 18.1 Å². The van der Waals surface area contributed by atoms with Crippen LogP contribution in [-0.4, -0.2) is 43.0 Å². The molecule has 0 fully saturated rings. The zero-order chi connectivity index (χ0) is 16.3. The first-order valence-electron chi connectivity index (χ1n) is 5.75. The Labute approximate surface area is 120 Å². The molecule has 112 valence electrons. The standard InChI is InChI=1S/C13H14N2O6/c1-4-11(18)20-6-5-10(21-13(19)9(2)3)12(14-7-16)15-8-17/h4,10,12H,1-2,5-6H2,3H3. The third-order valence-corrected chi connectivity index (χ3v) is 2.12. The molecule has 0 aromatic rings. The lowest BCUT2D eigenvalue weighted by atomic mass is 10.2. The molecular formula is C13H14N2O6. The number of isocyanates is 2. The van der Waals surface area contributed by atoms with Crippen LogP contribution in [0.1, 0.15) is 13.3 Å². The van der Waals surface area contributed by atoms with Crippen LogP contribution in [0.5, 0.6) is 0 Å². The first-order valence-corrected chi connectivity index (χ1v) is 5.75. The van der Waals surface area contributed by atoms with E-state index in [1.807, 2.05) is 0 Å². The van der Waals surface area contributed by atoms with Crippen LogP contribution in [0.3, 0.4) is 0 Å². The van der Waals surface area contributed by atoms with Crippen LogP contribution in [0.2, 0.25) is 0 Å². The maximum atomic E-state index is 11.5. The van der Waals surface area contributed by atoms with Crippen LogP contribution in [0, 0.1) is 0 Å². The summed E-state index contributed by atoms with van der Waals surface area (Å²) < 4.78 is 9.71. The number of nitrogens with zero attached hydrogens (tertiary/aromatic N) is 2. The quantitative estimate of drug-likeness (QED) is 0.266. The van der Waals surface area contributed by atoms with Crippen LogP contribution in [-0.2, 0) is 28.7 Å². The van der Waals surface area contributed by atoms with E-state index in [9.17, 15) is 19.2 Å². The van der Waals surface area contributed by atoms with E-state index in [0.29, 0.717) is 0 Å². The number of hydrogen-bond acceptors (Lipinski definition) is 8. The second kappa shape index (κ2) is 10.0. The predicted octanol–water partition coefficient (Wildman–Crippen LogP) is 0.591. The highest BCUT2D eigenvalue weighted by Gasteiger charge is 2.25. The largest absolute Gasteiger partial charge is 0.462 e. The van der Waals surface area contributed by atoms with E-state index < -0.39 is 24.2 Å². The number of aliphatic imine (C=N–C) groups is 2. The highest BCUT2D eigenvalue weighted by molar-refractivity contribution is 5.87. The zero-order valence-corrected chi connectivity index (χ0v) is 11.4. The smallest absolute Gasteiger partial charge is 0.333 e. The predicted molar refractivity (Wildman–Crippen MR) is 70.5 cm³/mol. The van der Waals surface area contributed by atoms with Crippen molar-refractivity contribution >= 4 is 24.1 Å². The fourth-order valence-corrected chi connectivity index (χ4v) is 1.14. The van der Waals surface area contributed by atoms with Crippen LogP contribution < -0.4 is 0 Å². The molecular weight excluding hydrogens is 280 g/mol. The van der Waals surface area contributed by atoms with E-state index in [4.69, 9.17) is 9.47 Å². The number of hydrogen-bond donors (Lipinski definition) is 0. The summed E-state index contributed by atoms with van der Waals surface area (Å²) in [6.45, 7) is 7.87. The van der Waals surface area contributed by atoms with Gasteiger partial charge in [-0.2, -0.15) is 9.98 Å². The van der Waals surface area contributed by atoms with Gasteiger partial charge in [0.1, 0.15) is 6.10 Å². The lowest BCUT2D eigenvalue weighted by Crippen LogP contribution is -2.30. The minimum absolute atomic E-state index is 0.0420. The average Bonchev–Trinajstić information content (AvgIpc) is 2.45. The number of carbonyl (C=O) groups is 2. The first-order chi connectivity index (χ1) is 9.96. The van der Waals surface area contributed by atoms with Crippen molar-refractivity contribution in [2.75, 3.05) is 6.61 Å². The molecule has 0 aromatic carbocycles. The summed E-state index contributed by atoms with van der Waals surface area (Å²) in [5.74, 6) is -1.43. The number of esters is 2. The molecule has 0 aliphatic rings. The Morgan fingerprint density at radius 1 is 1.29 bits per heavy atom. The zero-order valence-electron chi connectivity index (χ0n) is 11.4. The highest BCUT2D eigenvalue weighted by atomic mass is 16.6. The van der Waals surface area contributed by atoms with Crippen molar-refractivity contribution in [3.8, 4) is 0 Å². The van der Waals surface area contributed by atoms with E-state index in [2.05, 4.69) is 23.1 Å². The molecule has 8 heteroatoms. The van der Waals surface area contributed by atoms with Crippen molar-refractivity contribution in [3.05, 3.63) is 24.8 Å². The van der Waals surface area contributed by atoms with Crippen molar-refractivity contribution in [3.63, 3.8) is 0 Å². The summed E-state index contributed by atoms with van der Waals surface area (Å²) >= 11 is 0. The van der Waals surface area contributed by atoms with Crippen molar-refractivity contribution in [2.24, 2.45) is 9.98 Å². The highest BCUT2D eigenvalue weighted by Crippen LogP contribution is 2.12. The van der Waals surface area contributed by atoms with Gasteiger partial charge in [0.2, 0.25) is 18.3 Å². The van der Waals surface area contributed by atoms with Gasteiger partial charge >= 0.3 is 11.9 Å². The summed E-state index contributed by atoms with van der Waals surface area (Å²) in [5, 5.41) is 0. The van der Waals surface area contributed by atoms with Gasteiger partial charge in [-0.05, 0) is 6.92 Å². The maximum absolute atomic E-state index is 11.5. The monoisotopic (exact) mass is 294 g/mol. The number of ether oxygens (including phenoxy) is 2. The van der Waals surface area contributed by atoms with Gasteiger partial charge in [-0.15, -0.1) is 0 Å². The minimum Gasteiger partial charge on any atom is -0.462 e. The number of carbonyl (C=O) groups excluding carboxylic acids is 4. The summed E-state index contributed by atoms with van der Waals surface area (Å²) in [6.07, 6.45) is 0.921. The van der Waals surface area contributed by atoms with Crippen LogP contribution in [0.15, 0.2) is 34.8 Å². The SMILES string of the molecule is C=CC(=O)OCCC(OC(=O)C(=C)C)C(N=C=O)N=C=O. The summed E-state index contributed by atoms with van der Waals surface area (Å²) in [5.41, 5.74) is 0.104. The van der Waals surface area contributed by atoms with Gasteiger partial charge in [0.15, 0.2) is 0 Å². The lowest BCUT2D eigenvalue weighted by Gasteiger charge is -2.19. The van der Waals surface area contributed by atoms with Gasteiger partial charge in [0.05, 0.1) is 6.61 Å².